The number of urea groups is 1. The molecule has 0 saturated carbocycles. The number of rotatable bonds is 6. The summed E-state index contributed by atoms with van der Waals surface area (Å²) in [4.78, 5) is 13.9. The molecule has 1 aromatic rings. The van der Waals surface area contributed by atoms with Gasteiger partial charge in [-0.1, -0.05) is 26.0 Å². The molecule has 0 bridgehead atoms. The molecule has 4 nitrogen and oxygen atoms in total. The molecule has 0 heterocycles. The smallest absolute Gasteiger partial charge is 0.321 e. The molecule has 2 atom stereocenters. The van der Waals surface area contributed by atoms with Crippen molar-refractivity contribution in [3.63, 3.8) is 0 Å². The van der Waals surface area contributed by atoms with Crippen LogP contribution in [-0.4, -0.2) is 40.2 Å². The molecule has 0 saturated heterocycles. The van der Waals surface area contributed by atoms with Crippen molar-refractivity contribution in [2.75, 3.05) is 24.4 Å². The van der Waals surface area contributed by atoms with Crippen molar-refractivity contribution in [1.82, 2.24) is 4.90 Å². The molecule has 1 rings (SSSR count). The third kappa shape index (κ3) is 5.16. The van der Waals surface area contributed by atoms with E-state index in [1.54, 1.807) is 18.2 Å². The normalized spacial score (nSPS) is 13.6. The minimum atomic E-state index is -0.912. The summed E-state index contributed by atoms with van der Waals surface area (Å²) in [5, 5.41) is 2.98. The number of benzene rings is 1. The van der Waals surface area contributed by atoms with Gasteiger partial charge >= 0.3 is 6.03 Å². The van der Waals surface area contributed by atoms with Gasteiger partial charge in [-0.2, -0.15) is 0 Å². The Morgan fingerprint density at radius 1 is 1.33 bits per heavy atom. The van der Waals surface area contributed by atoms with Gasteiger partial charge in [0.15, 0.2) is 0 Å². The van der Waals surface area contributed by atoms with Gasteiger partial charge < -0.3 is 10.2 Å². The molecule has 118 valence electrons. The van der Waals surface area contributed by atoms with Crippen LogP contribution in [0, 0.1) is 0 Å². The summed E-state index contributed by atoms with van der Waals surface area (Å²) in [6.07, 6.45) is 3.47. The van der Waals surface area contributed by atoms with Gasteiger partial charge in [-0.15, -0.1) is 0 Å². The fourth-order valence-electron chi connectivity index (χ4n) is 2.12. The molecule has 0 spiro atoms. The van der Waals surface area contributed by atoms with E-state index in [0.29, 0.717) is 5.75 Å². The van der Waals surface area contributed by atoms with Crippen LogP contribution >= 0.6 is 0 Å². The number of nitrogens with zero attached hydrogens (tertiary/aromatic N) is 1. The third-order valence-corrected chi connectivity index (χ3v) is 4.61. The first kappa shape index (κ1) is 17.7. The summed E-state index contributed by atoms with van der Waals surface area (Å²) in [6, 6.07) is 5.99. The molecular formula is C16H26N2O2S. The zero-order valence-corrected chi connectivity index (χ0v) is 14.4. The predicted molar refractivity (Wildman–Crippen MR) is 90.4 cm³/mol. The van der Waals surface area contributed by atoms with Gasteiger partial charge in [-0.3, -0.25) is 4.21 Å². The lowest BCUT2D eigenvalue weighted by atomic mass is 10.1. The average molecular weight is 310 g/mol. The van der Waals surface area contributed by atoms with Gasteiger partial charge in [0.1, 0.15) is 0 Å². The zero-order chi connectivity index (χ0) is 16.0. The maximum absolute atomic E-state index is 12.3. The Balaban J connectivity index is 2.84. The van der Waals surface area contributed by atoms with Crippen molar-refractivity contribution in [3.05, 3.63) is 29.3 Å². The summed E-state index contributed by atoms with van der Waals surface area (Å²) in [6.45, 7) is 6.07. The number of carbonyl (C=O) groups is 1. The zero-order valence-electron chi connectivity index (χ0n) is 13.6. The van der Waals surface area contributed by atoms with Gasteiger partial charge in [0.2, 0.25) is 0 Å². The van der Waals surface area contributed by atoms with Gasteiger partial charge in [-0.25, -0.2) is 4.79 Å². The lowest BCUT2D eigenvalue weighted by Gasteiger charge is -2.25. The topological polar surface area (TPSA) is 49.4 Å². The molecule has 21 heavy (non-hydrogen) atoms. The molecule has 2 amide bonds. The van der Waals surface area contributed by atoms with Crippen LogP contribution in [0.15, 0.2) is 18.2 Å². The van der Waals surface area contributed by atoms with Crippen LogP contribution in [-0.2, 0) is 23.6 Å². The van der Waals surface area contributed by atoms with Crippen molar-refractivity contribution < 1.29 is 9.00 Å². The second-order valence-electron chi connectivity index (χ2n) is 5.33. The molecule has 1 N–H and O–H groups in total. The summed E-state index contributed by atoms with van der Waals surface area (Å²) in [5.74, 6) is 0.486. The van der Waals surface area contributed by atoms with Gasteiger partial charge in [-0.05, 0) is 37.0 Å². The van der Waals surface area contributed by atoms with Crippen LogP contribution in [0.1, 0.15) is 31.9 Å². The Morgan fingerprint density at radius 2 is 2.00 bits per heavy atom. The van der Waals surface area contributed by atoms with Crippen LogP contribution in [0.25, 0.3) is 0 Å². The standard InChI is InChI=1S/C16H26N2O2S/c1-6-13-8-9-14(7-2)15(10-13)17-16(19)18(4)12(3)11-21(5)20/h8-10,12H,6-7,11H2,1-5H3,(H,17,19)/t12-,21-/m0/s1. The molecule has 0 aromatic heterocycles. The number of nitrogens with one attached hydrogen (secondary N) is 1. The van der Waals surface area contributed by atoms with E-state index in [1.165, 1.54) is 5.56 Å². The predicted octanol–water partition coefficient (Wildman–Crippen LogP) is 3.04. The van der Waals surface area contributed by atoms with Crippen molar-refractivity contribution in [3.8, 4) is 0 Å². The quantitative estimate of drug-likeness (QED) is 0.878. The van der Waals surface area contributed by atoms with E-state index >= 15 is 0 Å². The number of amides is 2. The summed E-state index contributed by atoms with van der Waals surface area (Å²) >= 11 is 0. The van der Waals surface area contributed by atoms with Crippen LogP contribution < -0.4 is 5.32 Å². The second-order valence-corrected chi connectivity index (χ2v) is 6.81. The third-order valence-electron chi connectivity index (χ3n) is 3.66. The lowest BCUT2D eigenvalue weighted by Crippen LogP contribution is -2.41. The number of hydrogen-bond donors (Lipinski definition) is 1. The Bertz CT molecular complexity index is 517. The van der Waals surface area contributed by atoms with E-state index in [2.05, 4.69) is 31.3 Å². The van der Waals surface area contributed by atoms with Crippen molar-refractivity contribution in [2.45, 2.75) is 39.7 Å². The molecule has 0 aliphatic heterocycles. The van der Waals surface area contributed by atoms with E-state index in [0.717, 1.165) is 24.1 Å². The fourth-order valence-corrected chi connectivity index (χ4v) is 3.03. The van der Waals surface area contributed by atoms with Gasteiger partial charge in [0, 0.05) is 41.6 Å². The molecule has 0 fully saturated rings. The van der Waals surface area contributed by atoms with E-state index in [4.69, 9.17) is 0 Å². The van der Waals surface area contributed by atoms with Crippen molar-refractivity contribution >= 4 is 22.5 Å². The molecule has 0 aliphatic carbocycles. The van der Waals surface area contributed by atoms with E-state index in [1.807, 2.05) is 13.0 Å². The van der Waals surface area contributed by atoms with Crippen LogP contribution in [0.3, 0.4) is 0 Å². The first-order valence-corrected chi connectivity index (χ1v) is 9.07. The number of carbonyl (C=O) groups excluding carboxylic acids is 1. The Labute approximate surface area is 130 Å². The lowest BCUT2D eigenvalue weighted by molar-refractivity contribution is 0.212. The summed E-state index contributed by atoms with van der Waals surface area (Å²) in [7, 11) is 0.826. The minimum absolute atomic E-state index is 0.0599. The first-order chi connectivity index (χ1) is 9.88. The van der Waals surface area contributed by atoms with Crippen molar-refractivity contribution in [1.29, 1.82) is 0 Å². The molecule has 1 aromatic carbocycles. The SMILES string of the molecule is CCc1ccc(CC)c(NC(=O)N(C)[C@@H](C)C[S@](C)=O)c1. The molecule has 0 radical (unpaired) electrons. The van der Waals surface area contributed by atoms with Crippen LogP contribution in [0.5, 0.6) is 0 Å². The summed E-state index contributed by atoms with van der Waals surface area (Å²) < 4.78 is 11.3. The second kappa shape index (κ2) is 8.17. The van der Waals surface area contributed by atoms with Crippen LogP contribution in [0.2, 0.25) is 0 Å². The van der Waals surface area contributed by atoms with E-state index in [9.17, 15) is 9.00 Å². The van der Waals surface area contributed by atoms with Crippen LogP contribution in [0.4, 0.5) is 10.5 Å². The highest BCUT2D eigenvalue weighted by Gasteiger charge is 2.17. The van der Waals surface area contributed by atoms with Gasteiger partial charge in [0.25, 0.3) is 0 Å². The number of aryl methyl sites for hydroxylation is 2. The van der Waals surface area contributed by atoms with E-state index in [-0.39, 0.29) is 12.1 Å². The highest BCUT2D eigenvalue weighted by atomic mass is 32.2. The largest absolute Gasteiger partial charge is 0.324 e. The number of anilines is 1. The maximum atomic E-state index is 12.3. The van der Waals surface area contributed by atoms with Gasteiger partial charge in [0.05, 0.1) is 0 Å². The first-order valence-electron chi connectivity index (χ1n) is 7.34. The Kier molecular flexibility index (Phi) is 6.89. The molecule has 0 unspecified atom stereocenters. The monoisotopic (exact) mass is 310 g/mol. The highest BCUT2D eigenvalue weighted by Crippen LogP contribution is 2.19. The fraction of sp³-hybridized carbons (Fsp3) is 0.562. The van der Waals surface area contributed by atoms with Crippen molar-refractivity contribution in [2.24, 2.45) is 0 Å². The molecule has 5 heteroatoms. The molecule has 0 aliphatic rings. The molecular weight excluding hydrogens is 284 g/mol. The highest BCUT2D eigenvalue weighted by molar-refractivity contribution is 7.84. The Hall–Kier alpha value is -1.36. The Morgan fingerprint density at radius 3 is 2.52 bits per heavy atom. The summed E-state index contributed by atoms with van der Waals surface area (Å²) in [5.41, 5.74) is 3.20. The average Bonchev–Trinajstić information content (AvgIpc) is 2.45. The maximum Gasteiger partial charge on any atom is 0.321 e. The number of hydrogen-bond acceptors (Lipinski definition) is 2. The minimum Gasteiger partial charge on any atom is -0.324 e. The van der Waals surface area contributed by atoms with E-state index < -0.39 is 10.8 Å².